The molecule has 0 amide bonds. The second kappa shape index (κ2) is 8.41. The first-order chi connectivity index (χ1) is 12.1. The minimum Gasteiger partial charge on any atom is -0.435 e. The predicted octanol–water partition coefficient (Wildman–Crippen LogP) is 4.27. The fraction of sp³-hybridized carbons (Fsp3) is 0.400. The molecule has 0 aromatic heterocycles. The summed E-state index contributed by atoms with van der Waals surface area (Å²) in [6.45, 7) is -2.82. The van der Waals surface area contributed by atoms with Crippen molar-refractivity contribution >= 4 is 0 Å². The smallest absolute Gasteiger partial charge is 0.387 e. The number of hydrogen-bond acceptors (Lipinski definition) is 3. The molecule has 2 N–H and O–H groups in total. The predicted molar refractivity (Wildman–Crippen MR) is 92.8 cm³/mol. The summed E-state index contributed by atoms with van der Waals surface area (Å²) in [4.78, 5) is 0. The maximum Gasteiger partial charge on any atom is 0.387 e. The number of alkyl halides is 2. The van der Waals surface area contributed by atoms with E-state index < -0.39 is 6.61 Å². The second-order valence-corrected chi connectivity index (χ2v) is 6.46. The molecule has 2 aromatic carbocycles. The van der Waals surface area contributed by atoms with Crippen molar-refractivity contribution in [1.82, 2.24) is 5.32 Å². The van der Waals surface area contributed by atoms with E-state index in [0.717, 1.165) is 36.8 Å². The molecule has 1 unspecified atom stereocenters. The molecule has 3 nitrogen and oxygen atoms in total. The number of nitrogens with one attached hydrogen (secondary N) is 1. The van der Waals surface area contributed by atoms with E-state index in [1.165, 1.54) is 0 Å². The van der Waals surface area contributed by atoms with E-state index in [1.807, 2.05) is 30.3 Å². The molecular formula is C20H23F2NO2. The lowest BCUT2D eigenvalue weighted by Gasteiger charge is -2.31. The van der Waals surface area contributed by atoms with Gasteiger partial charge in [-0.15, -0.1) is 0 Å². The molecule has 1 fully saturated rings. The average Bonchev–Trinajstić information content (AvgIpc) is 2.62. The van der Waals surface area contributed by atoms with Crippen molar-refractivity contribution in [3.63, 3.8) is 0 Å². The molecule has 1 saturated carbocycles. The van der Waals surface area contributed by atoms with E-state index in [0.29, 0.717) is 6.04 Å². The Hall–Kier alpha value is -1.98. The maximum absolute atomic E-state index is 12.3. The SMILES string of the molecule is OC1CCC(NC(c2ccccc2)c2ccc(OC(F)F)cc2)CC1. The van der Waals surface area contributed by atoms with Gasteiger partial charge in [-0.1, -0.05) is 42.5 Å². The van der Waals surface area contributed by atoms with Crippen LogP contribution < -0.4 is 10.1 Å². The van der Waals surface area contributed by atoms with Crippen molar-refractivity contribution in [3.05, 3.63) is 65.7 Å². The third-order valence-corrected chi connectivity index (χ3v) is 4.67. The van der Waals surface area contributed by atoms with Gasteiger partial charge in [0.05, 0.1) is 12.1 Å². The Morgan fingerprint density at radius 2 is 1.48 bits per heavy atom. The van der Waals surface area contributed by atoms with Gasteiger partial charge in [-0.2, -0.15) is 8.78 Å². The van der Waals surface area contributed by atoms with Crippen molar-refractivity contribution in [1.29, 1.82) is 0 Å². The zero-order valence-corrected chi connectivity index (χ0v) is 13.9. The Balaban J connectivity index is 1.79. The average molecular weight is 347 g/mol. The molecule has 3 rings (SSSR count). The van der Waals surface area contributed by atoms with Crippen LogP contribution in [0.3, 0.4) is 0 Å². The highest BCUT2D eigenvalue weighted by Crippen LogP contribution is 2.28. The van der Waals surface area contributed by atoms with Gasteiger partial charge in [-0.3, -0.25) is 0 Å². The van der Waals surface area contributed by atoms with Crippen LogP contribution >= 0.6 is 0 Å². The third-order valence-electron chi connectivity index (χ3n) is 4.67. The summed E-state index contributed by atoms with van der Waals surface area (Å²) in [6, 6.07) is 17.1. The zero-order chi connectivity index (χ0) is 17.6. The first kappa shape index (κ1) is 17.8. The molecule has 0 heterocycles. The van der Waals surface area contributed by atoms with Crippen LogP contribution in [0.1, 0.15) is 42.9 Å². The molecule has 5 heteroatoms. The van der Waals surface area contributed by atoms with Gasteiger partial charge < -0.3 is 15.2 Å². The van der Waals surface area contributed by atoms with Crippen molar-refractivity contribution in [3.8, 4) is 5.75 Å². The molecule has 1 atom stereocenters. The Labute approximate surface area is 146 Å². The third kappa shape index (κ3) is 5.00. The number of aliphatic hydroxyl groups is 1. The monoisotopic (exact) mass is 347 g/mol. The van der Waals surface area contributed by atoms with Crippen LogP contribution in [0.25, 0.3) is 0 Å². The number of halogens is 2. The van der Waals surface area contributed by atoms with E-state index in [1.54, 1.807) is 12.1 Å². The minimum absolute atomic E-state index is 0.0259. The quantitative estimate of drug-likeness (QED) is 0.820. The topological polar surface area (TPSA) is 41.5 Å². The fourth-order valence-corrected chi connectivity index (χ4v) is 3.35. The van der Waals surface area contributed by atoms with E-state index in [2.05, 4.69) is 22.2 Å². The summed E-state index contributed by atoms with van der Waals surface area (Å²) in [5, 5.41) is 13.4. The van der Waals surface area contributed by atoms with Gasteiger partial charge in [0.15, 0.2) is 0 Å². The summed E-state index contributed by atoms with van der Waals surface area (Å²) < 4.78 is 29.1. The van der Waals surface area contributed by atoms with Crippen molar-refractivity contribution in [2.24, 2.45) is 0 Å². The summed E-state index contributed by atoms with van der Waals surface area (Å²) in [7, 11) is 0. The lowest BCUT2D eigenvalue weighted by atomic mass is 9.90. The number of rotatable bonds is 6. The zero-order valence-electron chi connectivity index (χ0n) is 13.9. The van der Waals surface area contributed by atoms with Gasteiger partial charge in [0.25, 0.3) is 0 Å². The van der Waals surface area contributed by atoms with E-state index in [4.69, 9.17) is 0 Å². The molecular weight excluding hydrogens is 324 g/mol. The van der Waals surface area contributed by atoms with Crippen molar-refractivity contribution < 1.29 is 18.6 Å². The van der Waals surface area contributed by atoms with Crippen LogP contribution in [-0.4, -0.2) is 23.9 Å². The standard InChI is InChI=1S/C20H23F2NO2/c21-20(22)25-18-12-6-15(7-13-18)19(14-4-2-1-3-5-14)23-16-8-10-17(24)11-9-16/h1-7,12-13,16-17,19-20,23-24H,8-11H2. The molecule has 0 bridgehead atoms. The highest BCUT2D eigenvalue weighted by Gasteiger charge is 2.23. The number of hydrogen-bond donors (Lipinski definition) is 2. The molecule has 0 aliphatic heterocycles. The summed E-state index contributed by atoms with van der Waals surface area (Å²) >= 11 is 0. The lowest BCUT2D eigenvalue weighted by molar-refractivity contribution is -0.0498. The van der Waals surface area contributed by atoms with Crippen LogP contribution in [-0.2, 0) is 0 Å². The van der Waals surface area contributed by atoms with Gasteiger partial charge >= 0.3 is 6.61 Å². The van der Waals surface area contributed by atoms with Gasteiger partial charge in [0, 0.05) is 6.04 Å². The van der Waals surface area contributed by atoms with Gasteiger partial charge in [-0.25, -0.2) is 0 Å². The molecule has 1 aliphatic rings. The number of ether oxygens (including phenoxy) is 1. The Bertz CT molecular complexity index is 641. The molecule has 2 aromatic rings. The van der Waals surface area contributed by atoms with Gasteiger partial charge in [-0.05, 0) is 48.9 Å². The lowest BCUT2D eigenvalue weighted by Crippen LogP contribution is -2.37. The second-order valence-electron chi connectivity index (χ2n) is 6.46. The van der Waals surface area contributed by atoms with Crippen LogP contribution in [0.5, 0.6) is 5.75 Å². The molecule has 0 spiro atoms. The van der Waals surface area contributed by atoms with Crippen molar-refractivity contribution in [2.45, 2.75) is 50.5 Å². The van der Waals surface area contributed by atoms with E-state index in [-0.39, 0.29) is 17.9 Å². The van der Waals surface area contributed by atoms with E-state index >= 15 is 0 Å². The van der Waals surface area contributed by atoms with Gasteiger partial charge in [0.2, 0.25) is 0 Å². The summed E-state index contributed by atoms with van der Waals surface area (Å²) in [5.41, 5.74) is 2.12. The highest BCUT2D eigenvalue weighted by molar-refractivity contribution is 5.35. The van der Waals surface area contributed by atoms with Crippen LogP contribution in [0.4, 0.5) is 8.78 Å². The Kier molecular flexibility index (Phi) is 6.00. The highest BCUT2D eigenvalue weighted by atomic mass is 19.3. The van der Waals surface area contributed by atoms with Crippen LogP contribution in [0, 0.1) is 0 Å². The first-order valence-corrected chi connectivity index (χ1v) is 8.65. The normalized spacial score (nSPS) is 21.9. The van der Waals surface area contributed by atoms with E-state index in [9.17, 15) is 13.9 Å². The number of benzene rings is 2. The maximum atomic E-state index is 12.3. The summed E-state index contributed by atoms with van der Waals surface area (Å²) in [5.74, 6) is 0.159. The molecule has 25 heavy (non-hydrogen) atoms. The molecule has 0 radical (unpaired) electrons. The number of aliphatic hydroxyl groups excluding tert-OH is 1. The summed E-state index contributed by atoms with van der Waals surface area (Å²) in [6.07, 6.45) is 3.27. The Morgan fingerprint density at radius 3 is 2.08 bits per heavy atom. The molecule has 0 saturated heterocycles. The Morgan fingerprint density at radius 1 is 0.880 bits per heavy atom. The van der Waals surface area contributed by atoms with Crippen LogP contribution in [0.15, 0.2) is 54.6 Å². The largest absolute Gasteiger partial charge is 0.435 e. The first-order valence-electron chi connectivity index (χ1n) is 8.65. The fourth-order valence-electron chi connectivity index (χ4n) is 3.35. The molecule has 134 valence electrons. The minimum atomic E-state index is -2.82. The van der Waals surface area contributed by atoms with Crippen LogP contribution in [0.2, 0.25) is 0 Å². The molecule has 1 aliphatic carbocycles. The van der Waals surface area contributed by atoms with Gasteiger partial charge in [0.1, 0.15) is 5.75 Å². The van der Waals surface area contributed by atoms with Crippen molar-refractivity contribution in [2.75, 3.05) is 0 Å².